The van der Waals surface area contributed by atoms with Crippen molar-refractivity contribution in [1.29, 1.82) is 0 Å². The normalized spacial score (nSPS) is 12.7. The van der Waals surface area contributed by atoms with Gasteiger partial charge in [0.25, 0.3) is 5.91 Å². The highest BCUT2D eigenvalue weighted by molar-refractivity contribution is 7.90. The van der Waals surface area contributed by atoms with Crippen LogP contribution in [0.15, 0.2) is 53.4 Å². The Morgan fingerprint density at radius 1 is 1.09 bits per heavy atom. The first-order valence-electron chi connectivity index (χ1n) is 7.34. The largest absolute Gasteiger partial charge is 0.335 e. The summed E-state index contributed by atoms with van der Waals surface area (Å²) in [6, 6.07) is 14.0. The Balaban J connectivity index is 2.22. The van der Waals surface area contributed by atoms with E-state index in [1.165, 1.54) is 6.26 Å². The van der Waals surface area contributed by atoms with Crippen molar-refractivity contribution in [3.63, 3.8) is 0 Å². The Morgan fingerprint density at radius 3 is 2.22 bits per heavy atom. The number of nitrogens with zero attached hydrogens (tertiary/aromatic N) is 1. The van der Waals surface area contributed by atoms with Crippen LogP contribution in [0.2, 0.25) is 0 Å². The van der Waals surface area contributed by atoms with E-state index in [0.29, 0.717) is 5.56 Å². The molecular weight excluding hydrogens is 310 g/mol. The summed E-state index contributed by atoms with van der Waals surface area (Å²) in [5.41, 5.74) is 2.57. The highest BCUT2D eigenvalue weighted by atomic mass is 32.2. The molecule has 0 aliphatic rings. The molecule has 0 heterocycles. The fraction of sp³-hybridized carbons (Fsp3) is 0.278. The molecule has 0 saturated carbocycles. The van der Waals surface area contributed by atoms with E-state index in [4.69, 9.17) is 0 Å². The molecule has 122 valence electrons. The maximum Gasteiger partial charge on any atom is 0.254 e. The van der Waals surface area contributed by atoms with Gasteiger partial charge in [0.05, 0.1) is 10.9 Å². The SMILES string of the molecule is Cc1cccc(C(=O)N(C)[C@H](C)c2ccc(S(C)(=O)=O)cc2)c1. The zero-order valence-corrected chi connectivity index (χ0v) is 14.6. The Morgan fingerprint density at radius 2 is 1.70 bits per heavy atom. The first-order chi connectivity index (χ1) is 10.7. The van der Waals surface area contributed by atoms with Crippen molar-refractivity contribution in [3.8, 4) is 0 Å². The quantitative estimate of drug-likeness (QED) is 0.864. The van der Waals surface area contributed by atoms with Crippen molar-refractivity contribution in [1.82, 2.24) is 4.90 Å². The van der Waals surface area contributed by atoms with E-state index in [2.05, 4.69) is 0 Å². The standard InChI is InChI=1S/C18H21NO3S/c1-13-6-5-7-16(12-13)18(20)19(3)14(2)15-8-10-17(11-9-15)23(4,21)22/h5-12,14H,1-4H3/t14-/m1/s1. The van der Waals surface area contributed by atoms with Gasteiger partial charge in [0.1, 0.15) is 0 Å². The molecule has 0 N–H and O–H groups in total. The van der Waals surface area contributed by atoms with Crippen LogP contribution >= 0.6 is 0 Å². The summed E-state index contributed by atoms with van der Waals surface area (Å²) < 4.78 is 23.0. The van der Waals surface area contributed by atoms with Crippen molar-refractivity contribution in [2.24, 2.45) is 0 Å². The van der Waals surface area contributed by atoms with Gasteiger partial charge < -0.3 is 4.90 Å². The maximum absolute atomic E-state index is 12.6. The predicted octanol–water partition coefficient (Wildman–Crippen LogP) is 3.23. The topological polar surface area (TPSA) is 54.5 Å². The van der Waals surface area contributed by atoms with E-state index in [1.807, 2.05) is 32.0 Å². The van der Waals surface area contributed by atoms with E-state index in [9.17, 15) is 13.2 Å². The van der Waals surface area contributed by atoms with Gasteiger partial charge in [0, 0.05) is 18.9 Å². The Bertz CT molecular complexity index is 810. The molecule has 0 aliphatic heterocycles. The van der Waals surface area contributed by atoms with Gasteiger partial charge >= 0.3 is 0 Å². The molecule has 2 aromatic rings. The van der Waals surface area contributed by atoms with Crippen LogP contribution in [0.3, 0.4) is 0 Å². The average molecular weight is 331 g/mol. The number of rotatable bonds is 4. The first kappa shape index (κ1) is 17.2. The molecule has 1 amide bonds. The van der Waals surface area contributed by atoms with Crippen LogP contribution in [0.5, 0.6) is 0 Å². The summed E-state index contributed by atoms with van der Waals surface area (Å²) in [6.45, 7) is 3.87. The second-order valence-electron chi connectivity index (χ2n) is 5.80. The average Bonchev–Trinajstić information content (AvgIpc) is 2.52. The molecule has 0 fully saturated rings. The van der Waals surface area contributed by atoms with Crippen LogP contribution in [-0.2, 0) is 9.84 Å². The molecule has 2 rings (SSSR count). The summed E-state index contributed by atoms with van der Waals surface area (Å²) in [7, 11) is -1.46. The molecule has 0 spiro atoms. The Labute approximate surface area is 137 Å². The van der Waals surface area contributed by atoms with Gasteiger partial charge in [-0.3, -0.25) is 4.79 Å². The minimum atomic E-state index is -3.21. The van der Waals surface area contributed by atoms with Gasteiger partial charge in [-0.1, -0.05) is 29.8 Å². The minimum absolute atomic E-state index is 0.0617. The third kappa shape index (κ3) is 3.99. The van der Waals surface area contributed by atoms with Crippen LogP contribution < -0.4 is 0 Å². The molecule has 0 saturated heterocycles. The molecule has 0 radical (unpaired) electrons. The van der Waals surface area contributed by atoms with Crippen LogP contribution in [0.1, 0.15) is 34.5 Å². The number of hydrogen-bond donors (Lipinski definition) is 0. The molecule has 0 aromatic heterocycles. The summed E-state index contributed by atoms with van der Waals surface area (Å²) >= 11 is 0. The van der Waals surface area contributed by atoms with E-state index in [-0.39, 0.29) is 16.8 Å². The number of aryl methyl sites for hydroxylation is 1. The summed E-state index contributed by atoms with van der Waals surface area (Å²) in [6.07, 6.45) is 1.18. The van der Waals surface area contributed by atoms with E-state index in [0.717, 1.165) is 11.1 Å². The van der Waals surface area contributed by atoms with Crippen LogP contribution in [-0.4, -0.2) is 32.5 Å². The van der Waals surface area contributed by atoms with Crippen LogP contribution in [0.25, 0.3) is 0 Å². The summed E-state index contributed by atoms with van der Waals surface area (Å²) in [5.74, 6) is -0.0617. The van der Waals surface area contributed by atoms with Gasteiger partial charge in [-0.25, -0.2) is 8.42 Å². The fourth-order valence-electron chi connectivity index (χ4n) is 2.37. The number of carbonyl (C=O) groups excluding carboxylic acids is 1. The zero-order chi connectivity index (χ0) is 17.2. The smallest absolute Gasteiger partial charge is 0.254 e. The number of sulfone groups is 1. The molecule has 0 aliphatic carbocycles. The molecule has 23 heavy (non-hydrogen) atoms. The van der Waals surface area contributed by atoms with Crippen molar-refractivity contribution in [2.75, 3.05) is 13.3 Å². The number of amides is 1. The molecule has 1 atom stereocenters. The molecule has 4 nitrogen and oxygen atoms in total. The molecular formula is C18H21NO3S. The van der Waals surface area contributed by atoms with Gasteiger partial charge in [0.15, 0.2) is 9.84 Å². The monoisotopic (exact) mass is 331 g/mol. The summed E-state index contributed by atoms with van der Waals surface area (Å²) in [4.78, 5) is 14.5. The number of hydrogen-bond acceptors (Lipinski definition) is 3. The van der Waals surface area contributed by atoms with Gasteiger partial charge in [0.2, 0.25) is 0 Å². The molecule has 0 bridgehead atoms. The third-order valence-electron chi connectivity index (χ3n) is 3.96. The van der Waals surface area contributed by atoms with Crippen molar-refractivity contribution in [2.45, 2.75) is 24.8 Å². The lowest BCUT2D eigenvalue weighted by atomic mass is 10.1. The highest BCUT2D eigenvalue weighted by Gasteiger charge is 2.19. The molecule has 2 aromatic carbocycles. The van der Waals surface area contributed by atoms with Crippen molar-refractivity contribution in [3.05, 3.63) is 65.2 Å². The second-order valence-corrected chi connectivity index (χ2v) is 7.82. The number of benzene rings is 2. The lowest BCUT2D eigenvalue weighted by Gasteiger charge is -2.25. The molecule has 5 heteroatoms. The summed E-state index contributed by atoms with van der Waals surface area (Å²) in [5, 5.41) is 0. The third-order valence-corrected chi connectivity index (χ3v) is 5.09. The second kappa shape index (κ2) is 6.54. The Hall–Kier alpha value is -2.14. The minimum Gasteiger partial charge on any atom is -0.335 e. The fourth-order valence-corrected chi connectivity index (χ4v) is 3.01. The highest BCUT2D eigenvalue weighted by Crippen LogP contribution is 2.22. The van der Waals surface area contributed by atoms with E-state index in [1.54, 1.807) is 42.3 Å². The van der Waals surface area contributed by atoms with Crippen LogP contribution in [0.4, 0.5) is 0 Å². The van der Waals surface area contributed by atoms with E-state index >= 15 is 0 Å². The van der Waals surface area contributed by atoms with Gasteiger partial charge in [-0.2, -0.15) is 0 Å². The van der Waals surface area contributed by atoms with Gasteiger partial charge in [-0.15, -0.1) is 0 Å². The Kier molecular flexibility index (Phi) is 4.90. The van der Waals surface area contributed by atoms with Crippen molar-refractivity contribution >= 4 is 15.7 Å². The lowest BCUT2D eigenvalue weighted by Crippen LogP contribution is -2.29. The first-order valence-corrected chi connectivity index (χ1v) is 9.23. The maximum atomic E-state index is 12.6. The van der Waals surface area contributed by atoms with Crippen molar-refractivity contribution < 1.29 is 13.2 Å². The predicted molar refractivity (Wildman–Crippen MR) is 91.2 cm³/mol. The lowest BCUT2D eigenvalue weighted by molar-refractivity contribution is 0.0742. The molecule has 0 unspecified atom stereocenters. The van der Waals surface area contributed by atoms with Gasteiger partial charge in [-0.05, 0) is 43.7 Å². The zero-order valence-electron chi connectivity index (χ0n) is 13.8. The number of carbonyl (C=O) groups is 1. The van der Waals surface area contributed by atoms with Crippen LogP contribution in [0, 0.1) is 6.92 Å². The van der Waals surface area contributed by atoms with E-state index < -0.39 is 9.84 Å².